The van der Waals surface area contributed by atoms with E-state index in [0.29, 0.717) is 17.4 Å². The van der Waals surface area contributed by atoms with Crippen LogP contribution < -0.4 is 21.7 Å². The van der Waals surface area contributed by atoms with Gasteiger partial charge in [0.05, 0.1) is 17.1 Å². The van der Waals surface area contributed by atoms with Crippen molar-refractivity contribution in [1.29, 1.82) is 5.41 Å². The van der Waals surface area contributed by atoms with Crippen LogP contribution in [-0.4, -0.2) is 18.0 Å². The minimum atomic E-state index is -0.140. The van der Waals surface area contributed by atoms with Gasteiger partial charge >= 0.3 is 0 Å². The highest BCUT2D eigenvalue weighted by Crippen LogP contribution is 2.18. The molecule has 2 aliphatic heterocycles. The van der Waals surface area contributed by atoms with Gasteiger partial charge in [-0.3, -0.25) is 4.79 Å². The number of hydrogen-bond acceptors (Lipinski definition) is 5. The maximum absolute atomic E-state index is 11.1. The molecular weight excluding hydrogens is 304 g/mol. The predicted octanol–water partition coefficient (Wildman–Crippen LogP) is 1.37. The van der Waals surface area contributed by atoms with Gasteiger partial charge in [-0.15, -0.1) is 0 Å². The molecule has 0 spiro atoms. The lowest BCUT2D eigenvalue weighted by Crippen LogP contribution is -2.30. The number of nitrogens with two attached hydrogens (primary N) is 1. The molecule has 0 aromatic heterocycles. The predicted molar refractivity (Wildman–Crippen MR) is 95.7 cm³/mol. The molecule has 0 saturated carbocycles. The molecule has 0 fully saturated rings. The molecule has 0 radical (unpaired) electrons. The van der Waals surface area contributed by atoms with Crippen molar-refractivity contribution < 1.29 is 4.79 Å². The molecule has 2 rings (SSSR count). The van der Waals surface area contributed by atoms with E-state index in [-0.39, 0.29) is 11.8 Å². The molecule has 7 heteroatoms. The normalized spacial score (nSPS) is 17.5. The van der Waals surface area contributed by atoms with E-state index in [1.165, 1.54) is 13.1 Å². The third-order valence-electron chi connectivity index (χ3n) is 3.36. The number of aliphatic imine (C=N–C) groups is 1. The molecule has 1 amide bonds. The standard InChI is InChI=1S/C17H22N6O/c1-10(2)12(8-18)6-16(19)23-17-5-4-14-15(22-17)7-13(9-20-14)21-11(3)24/h4-10,18,20,22H,1-3H3,(H2,19,23)(H,21,24). The summed E-state index contributed by atoms with van der Waals surface area (Å²) >= 11 is 0. The monoisotopic (exact) mass is 326 g/mol. The van der Waals surface area contributed by atoms with Crippen molar-refractivity contribution in [2.75, 3.05) is 0 Å². The molecular formula is C17H22N6O. The van der Waals surface area contributed by atoms with Crippen LogP contribution in [0.25, 0.3) is 0 Å². The Morgan fingerprint density at radius 3 is 2.75 bits per heavy atom. The van der Waals surface area contributed by atoms with E-state index in [1.807, 2.05) is 26.0 Å². The number of amides is 1. The molecule has 0 saturated heterocycles. The smallest absolute Gasteiger partial charge is 0.221 e. The molecule has 0 bridgehead atoms. The van der Waals surface area contributed by atoms with Gasteiger partial charge in [-0.05, 0) is 35.8 Å². The summed E-state index contributed by atoms with van der Waals surface area (Å²) < 4.78 is 0. The summed E-state index contributed by atoms with van der Waals surface area (Å²) in [5, 5.41) is 16.4. The summed E-state index contributed by atoms with van der Waals surface area (Å²) in [6, 6.07) is 0. The largest absolute Gasteiger partial charge is 0.384 e. The fourth-order valence-corrected chi connectivity index (χ4v) is 2.15. The van der Waals surface area contributed by atoms with Crippen molar-refractivity contribution in [1.82, 2.24) is 16.0 Å². The topological polar surface area (TPSA) is 115 Å². The Morgan fingerprint density at radius 2 is 2.12 bits per heavy atom. The molecule has 0 aromatic rings. The van der Waals surface area contributed by atoms with Crippen LogP contribution in [0.1, 0.15) is 20.8 Å². The first kappa shape index (κ1) is 17.3. The van der Waals surface area contributed by atoms with Crippen molar-refractivity contribution >= 4 is 18.0 Å². The first-order chi connectivity index (χ1) is 11.4. The van der Waals surface area contributed by atoms with Crippen molar-refractivity contribution in [3.05, 3.63) is 59.0 Å². The van der Waals surface area contributed by atoms with Crippen LogP contribution in [0, 0.1) is 11.3 Å². The van der Waals surface area contributed by atoms with Crippen LogP contribution in [0.4, 0.5) is 0 Å². The van der Waals surface area contributed by atoms with E-state index < -0.39 is 0 Å². The second kappa shape index (κ2) is 7.45. The Bertz CT molecular complexity index is 734. The number of nitrogens with zero attached hydrogens (tertiary/aromatic N) is 1. The van der Waals surface area contributed by atoms with Gasteiger partial charge in [0.25, 0.3) is 0 Å². The Labute approximate surface area is 141 Å². The van der Waals surface area contributed by atoms with E-state index in [2.05, 4.69) is 20.9 Å². The number of carbonyl (C=O) groups excluding carboxylic acids is 1. The number of dihydropyridines is 2. The third kappa shape index (κ3) is 4.45. The van der Waals surface area contributed by atoms with Crippen molar-refractivity contribution in [2.45, 2.75) is 20.8 Å². The molecule has 0 unspecified atom stereocenters. The summed E-state index contributed by atoms with van der Waals surface area (Å²) in [6.45, 7) is 5.44. The van der Waals surface area contributed by atoms with Crippen LogP contribution in [0.15, 0.2) is 64.0 Å². The SMILES string of the molecule is CC(=O)NC1=CNC2=CC=C(N=C(N)C=C(C=N)C(C)C)NC2=C1. The summed E-state index contributed by atoms with van der Waals surface area (Å²) in [6.07, 6.45) is 10.2. The minimum absolute atomic E-state index is 0.140. The van der Waals surface area contributed by atoms with Crippen LogP contribution in [-0.2, 0) is 4.79 Å². The quantitative estimate of drug-likeness (QED) is 0.387. The highest BCUT2D eigenvalue weighted by atomic mass is 16.1. The average Bonchev–Trinajstić information content (AvgIpc) is 2.51. The van der Waals surface area contributed by atoms with Crippen LogP contribution >= 0.6 is 0 Å². The van der Waals surface area contributed by atoms with E-state index >= 15 is 0 Å². The minimum Gasteiger partial charge on any atom is -0.384 e. The van der Waals surface area contributed by atoms with Gasteiger partial charge in [0, 0.05) is 19.3 Å². The van der Waals surface area contributed by atoms with E-state index in [9.17, 15) is 4.79 Å². The molecule has 126 valence electrons. The van der Waals surface area contributed by atoms with Crippen molar-refractivity contribution in [3.8, 4) is 0 Å². The zero-order valence-corrected chi connectivity index (χ0v) is 14.0. The summed E-state index contributed by atoms with van der Waals surface area (Å²) in [4.78, 5) is 15.5. The lowest BCUT2D eigenvalue weighted by Gasteiger charge is -2.23. The third-order valence-corrected chi connectivity index (χ3v) is 3.36. The summed E-state index contributed by atoms with van der Waals surface area (Å²) in [5.41, 5.74) is 9.07. The number of allylic oxidation sites excluding steroid dienone is 4. The van der Waals surface area contributed by atoms with Gasteiger partial charge in [-0.25, -0.2) is 4.99 Å². The van der Waals surface area contributed by atoms with Crippen LogP contribution in [0.3, 0.4) is 0 Å². The van der Waals surface area contributed by atoms with Gasteiger partial charge in [-0.2, -0.15) is 0 Å². The molecule has 0 aliphatic carbocycles. The highest BCUT2D eigenvalue weighted by molar-refractivity contribution is 5.97. The Morgan fingerprint density at radius 1 is 1.38 bits per heavy atom. The molecule has 6 N–H and O–H groups in total. The van der Waals surface area contributed by atoms with Crippen molar-refractivity contribution in [3.63, 3.8) is 0 Å². The first-order valence-corrected chi connectivity index (χ1v) is 7.60. The molecule has 0 atom stereocenters. The fourth-order valence-electron chi connectivity index (χ4n) is 2.15. The molecule has 24 heavy (non-hydrogen) atoms. The summed E-state index contributed by atoms with van der Waals surface area (Å²) in [5.74, 6) is 0.961. The van der Waals surface area contributed by atoms with E-state index in [1.54, 1.807) is 18.4 Å². The number of hydrogen-bond donors (Lipinski definition) is 5. The number of amidine groups is 1. The van der Waals surface area contributed by atoms with Gasteiger partial charge < -0.3 is 27.1 Å². The lowest BCUT2D eigenvalue weighted by atomic mass is 10.0. The zero-order valence-electron chi connectivity index (χ0n) is 14.0. The van der Waals surface area contributed by atoms with Gasteiger partial charge in [0.1, 0.15) is 11.7 Å². The lowest BCUT2D eigenvalue weighted by molar-refractivity contribution is -0.118. The van der Waals surface area contributed by atoms with Crippen LogP contribution in [0.2, 0.25) is 0 Å². The van der Waals surface area contributed by atoms with Gasteiger partial charge in [0.2, 0.25) is 5.91 Å². The molecule has 0 aromatic carbocycles. The Kier molecular flexibility index (Phi) is 5.36. The Balaban J connectivity index is 2.17. The zero-order chi connectivity index (χ0) is 17.7. The molecule has 2 heterocycles. The molecule has 2 aliphatic rings. The fraction of sp³-hybridized carbons (Fsp3) is 0.235. The number of carbonyl (C=O) groups is 1. The number of fused-ring (bicyclic) bond motifs is 1. The average molecular weight is 326 g/mol. The second-order valence-corrected chi connectivity index (χ2v) is 5.72. The number of nitrogens with one attached hydrogen (secondary N) is 4. The van der Waals surface area contributed by atoms with Gasteiger partial charge in [-0.1, -0.05) is 13.8 Å². The van der Waals surface area contributed by atoms with E-state index in [0.717, 1.165) is 17.0 Å². The number of rotatable bonds is 5. The second-order valence-electron chi connectivity index (χ2n) is 5.72. The summed E-state index contributed by atoms with van der Waals surface area (Å²) in [7, 11) is 0. The van der Waals surface area contributed by atoms with E-state index in [4.69, 9.17) is 11.1 Å². The van der Waals surface area contributed by atoms with Crippen LogP contribution in [0.5, 0.6) is 0 Å². The van der Waals surface area contributed by atoms with Crippen molar-refractivity contribution in [2.24, 2.45) is 16.6 Å². The highest BCUT2D eigenvalue weighted by Gasteiger charge is 2.15. The Hall–Kier alpha value is -3.09. The van der Waals surface area contributed by atoms with Gasteiger partial charge in [0.15, 0.2) is 0 Å². The maximum atomic E-state index is 11.1. The molecule has 7 nitrogen and oxygen atoms in total. The first-order valence-electron chi connectivity index (χ1n) is 7.60. The maximum Gasteiger partial charge on any atom is 0.221 e.